The molecule has 6 heteroatoms. The van der Waals surface area contributed by atoms with Gasteiger partial charge in [0.05, 0.1) is 6.61 Å². The quantitative estimate of drug-likeness (QED) is 0.580. The monoisotopic (exact) mass is 316 g/mol. The van der Waals surface area contributed by atoms with Gasteiger partial charge in [-0.1, -0.05) is 6.07 Å². The number of halogens is 5. The summed E-state index contributed by atoms with van der Waals surface area (Å²) < 4.78 is 71.5. The van der Waals surface area contributed by atoms with E-state index in [0.717, 1.165) is 12.1 Å². The molecule has 0 amide bonds. The molecule has 0 unspecified atom stereocenters. The fraction of sp³-hybridized carbons (Fsp3) is 0.250. The van der Waals surface area contributed by atoms with Gasteiger partial charge < -0.3 is 4.74 Å². The van der Waals surface area contributed by atoms with E-state index in [9.17, 15) is 22.0 Å². The summed E-state index contributed by atoms with van der Waals surface area (Å²) in [6.07, 6.45) is 0.0537. The maximum Gasteiger partial charge on any atom is 0.200 e. The molecule has 0 aromatic heterocycles. The van der Waals surface area contributed by atoms with Crippen LogP contribution in [0.25, 0.3) is 0 Å². The maximum atomic E-state index is 13.8. The highest BCUT2D eigenvalue weighted by atomic mass is 19.2. The Kier molecular flexibility index (Phi) is 5.00. The van der Waals surface area contributed by atoms with Crippen LogP contribution in [0.15, 0.2) is 24.3 Å². The van der Waals surface area contributed by atoms with Crippen LogP contribution in [0, 0.1) is 29.1 Å². The Balaban J connectivity index is 2.17. The van der Waals surface area contributed by atoms with Gasteiger partial charge in [0.1, 0.15) is 0 Å². The summed E-state index contributed by atoms with van der Waals surface area (Å²) in [5, 5.41) is 0. The molecule has 0 atom stereocenters. The molecule has 2 aromatic carbocycles. The van der Waals surface area contributed by atoms with Gasteiger partial charge in [-0.15, -0.1) is 0 Å². The second kappa shape index (κ2) is 6.77. The number of hydrogen-bond acceptors (Lipinski definition) is 1. The molecule has 0 heterocycles. The SMILES string of the molecule is CCOc1ccc(CCc2cc(F)c(F)c(F)c2)c(F)c1F. The Labute approximate surface area is 124 Å². The van der Waals surface area contributed by atoms with Gasteiger partial charge in [0.2, 0.25) is 5.82 Å². The topological polar surface area (TPSA) is 9.23 Å². The third-order valence-electron chi connectivity index (χ3n) is 3.15. The normalized spacial score (nSPS) is 10.8. The number of aryl methyl sites for hydroxylation is 2. The molecular weight excluding hydrogens is 303 g/mol. The molecule has 0 fully saturated rings. The Morgan fingerprint density at radius 3 is 2.05 bits per heavy atom. The van der Waals surface area contributed by atoms with E-state index in [1.807, 2.05) is 0 Å². The molecule has 118 valence electrons. The van der Waals surface area contributed by atoms with Crippen molar-refractivity contribution in [2.75, 3.05) is 6.61 Å². The zero-order valence-electron chi connectivity index (χ0n) is 11.7. The summed E-state index contributed by atoms with van der Waals surface area (Å²) in [4.78, 5) is 0. The summed E-state index contributed by atoms with van der Waals surface area (Å²) in [5.41, 5.74) is 0.205. The average Bonchev–Trinajstić information content (AvgIpc) is 2.49. The fourth-order valence-electron chi connectivity index (χ4n) is 2.06. The molecule has 0 aliphatic rings. The number of rotatable bonds is 5. The third kappa shape index (κ3) is 3.37. The van der Waals surface area contributed by atoms with Crippen molar-refractivity contribution in [3.05, 3.63) is 64.5 Å². The van der Waals surface area contributed by atoms with Gasteiger partial charge in [-0.05, 0) is 49.1 Å². The minimum Gasteiger partial charge on any atom is -0.491 e. The Hall–Kier alpha value is -2.11. The molecular formula is C16H13F5O. The van der Waals surface area contributed by atoms with Gasteiger partial charge in [0.25, 0.3) is 0 Å². The van der Waals surface area contributed by atoms with Crippen molar-refractivity contribution < 1.29 is 26.7 Å². The second-order valence-corrected chi connectivity index (χ2v) is 4.66. The molecule has 0 saturated carbocycles. The van der Waals surface area contributed by atoms with Crippen molar-refractivity contribution in [1.82, 2.24) is 0 Å². The number of benzene rings is 2. The number of ether oxygens (including phenoxy) is 1. The molecule has 2 aromatic rings. The van der Waals surface area contributed by atoms with E-state index in [2.05, 4.69) is 0 Å². The molecule has 0 bridgehead atoms. The van der Waals surface area contributed by atoms with E-state index >= 15 is 0 Å². The van der Waals surface area contributed by atoms with Crippen LogP contribution < -0.4 is 4.74 Å². The summed E-state index contributed by atoms with van der Waals surface area (Å²) >= 11 is 0. The minimum absolute atomic E-state index is 0.0136. The molecule has 0 radical (unpaired) electrons. The van der Waals surface area contributed by atoms with Crippen LogP contribution in [0.5, 0.6) is 5.75 Å². The third-order valence-corrected chi connectivity index (χ3v) is 3.15. The lowest BCUT2D eigenvalue weighted by atomic mass is 10.0. The maximum absolute atomic E-state index is 13.8. The van der Waals surface area contributed by atoms with Gasteiger partial charge >= 0.3 is 0 Å². The predicted octanol–water partition coefficient (Wildman–Crippen LogP) is 4.57. The summed E-state index contributed by atoms with van der Waals surface area (Å²) in [5.74, 6) is -6.53. The Bertz CT molecular complexity index is 661. The first-order valence-corrected chi connectivity index (χ1v) is 6.67. The lowest BCUT2D eigenvalue weighted by molar-refractivity contribution is 0.313. The molecule has 2 rings (SSSR count). The van der Waals surface area contributed by atoms with Crippen molar-refractivity contribution in [2.45, 2.75) is 19.8 Å². The van der Waals surface area contributed by atoms with E-state index in [1.54, 1.807) is 6.92 Å². The van der Waals surface area contributed by atoms with Crippen LogP contribution in [0.4, 0.5) is 22.0 Å². The second-order valence-electron chi connectivity index (χ2n) is 4.66. The summed E-state index contributed by atoms with van der Waals surface area (Å²) in [6, 6.07) is 4.31. The molecule has 0 aliphatic carbocycles. The Morgan fingerprint density at radius 1 is 0.818 bits per heavy atom. The van der Waals surface area contributed by atoms with Gasteiger partial charge in [-0.3, -0.25) is 0 Å². The van der Waals surface area contributed by atoms with Crippen molar-refractivity contribution in [2.24, 2.45) is 0 Å². The highest BCUT2D eigenvalue weighted by Crippen LogP contribution is 2.24. The van der Waals surface area contributed by atoms with Crippen LogP contribution in [0.1, 0.15) is 18.1 Å². The minimum atomic E-state index is -1.55. The fourth-order valence-corrected chi connectivity index (χ4v) is 2.06. The standard InChI is InChI=1S/C16H13F5O/c1-2-22-13-6-5-10(14(19)16(13)21)4-3-9-7-11(17)15(20)12(18)8-9/h5-8H,2-4H2,1H3. The summed E-state index contributed by atoms with van der Waals surface area (Å²) in [6.45, 7) is 1.84. The van der Waals surface area contributed by atoms with Crippen LogP contribution >= 0.6 is 0 Å². The average molecular weight is 316 g/mol. The van der Waals surface area contributed by atoms with Gasteiger partial charge in [-0.25, -0.2) is 17.6 Å². The molecule has 1 nitrogen and oxygen atoms in total. The van der Waals surface area contributed by atoms with E-state index in [4.69, 9.17) is 4.74 Å². The zero-order valence-corrected chi connectivity index (χ0v) is 11.7. The lowest BCUT2D eigenvalue weighted by Gasteiger charge is -2.09. The van der Waals surface area contributed by atoms with E-state index in [1.165, 1.54) is 12.1 Å². The first-order chi connectivity index (χ1) is 10.4. The highest BCUT2D eigenvalue weighted by molar-refractivity contribution is 5.32. The van der Waals surface area contributed by atoms with Crippen molar-refractivity contribution in [3.8, 4) is 5.75 Å². The molecule has 0 saturated heterocycles. The first-order valence-electron chi connectivity index (χ1n) is 6.67. The zero-order chi connectivity index (χ0) is 16.3. The highest BCUT2D eigenvalue weighted by Gasteiger charge is 2.15. The molecule has 0 N–H and O–H groups in total. The van der Waals surface area contributed by atoms with Gasteiger partial charge in [-0.2, -0.15) is 4.39 Å². The van der Waals surface area contributed by atoms with Crippen molar-refractivity contribution in [3.63, 3.8) is 0 Å². The predicted molar refractivity (Wildman–Crippen MR) is 71.3 cm³/mol. The van der Waals surface area contributed by atoms with E-state index < -0.39 is 29.1 Å². The van der Waals surface area contributed by atoms with Crippen molar-refractivity contribution >= 4 is 0 Å². The largest absolute Gasteiger partial charge is 0.491 e. The molecule has 0 spiro atoms. The lowest BCUT2D eigenvalue weighted by Crippen LogP contribution is -2.02. The van der Waals surface area contributed by atoms with Gasteiger partial charge in [0, 0.05) is 0 Å². The van der Waals surface area contributed by atoms with E-state index in [0.29, 0.717) is 0 Å². The number of hydrogen-bond donors (Lipinski definition) is 0. The van der Waals surface area contributed by atoms with Gasteiger partial charge in [0.15, 0.2) is 29.0 Å². The van der Waals surface area contributed by atoms with Crippen LogP contribution in [-0.2, 0) is 12.8 Å². The van der Waals surface area contributed by atoms with Crippen molar-refractivity contribution in [1.29, 1.82) is 0 Å². The first kappa shape index (κ1) is 16.3. The summed E-state index contributed by atoms with van der Waals surface area (Å²) in [7, 11) is 0. The molecule has 0 aliphatic heterocycles. The van der Waals surface area contributed by atoms with E-state index in [-0.39, 0.29) is 36.3 Å². The van der Waals surface area contributed by atoms with Crippen LogP contribution in [0.3, 0.4) is 0 Å². The smallest absolute Gasteiger partial charge is 0.200 e. The van der Waals surface area contributed by atoms with Crippen LogP contribution in [0.2, 0.25) is 0 Å². The molecule has 22 heavy (non-hydrogen) atoms. The Morgan fingerprint density at radius 2 is 1.45 bits per heavy atom. The van der Waals surface area contributed by atoms with Crippen LogP contribution in [-0.4, -0.2) is 6.61 Å².